The zero-order chi connectivity index (χ0) is 17.9. The number of oxazole rings is 1. The number of aromatic nitrogens is 1. The van der Waals surface area contributed by atoms with Crippen LogP contribution in [0.2, 0.25) is 0 Å². The standard InChI is InChI=1S/C21H25N3O2/c22-20(21-23-16-10-4-5-12-19(16)26-21)17-11-6-7-13-24(17)18(14-25)15-8-2-1-3-9-15/h1-5,8-10,12,17-18,20,25H,6-7,11,13-14,22H2/t17-,18-,20?/m0/s1. The van der Waals surface area contributed by atoms with Gasteiger partial charge in [0, 0.05) is 6.04 Å². The Morgan fingerprint density at radius 2 is 1.88 bits per heavy atom. The Kier molecular flexibility index (Phi) is 5.02. The van der Waals surface area contributed by atoms with Crippen LogP contribution in [0.15, 0.2) is 59.0 Å². The zero-order valence-corrected chi connectivity index (χ0v) is 14.8. The lowest BCUT2D eigenvalue weighted by Gasteiger charge is -2.42. The third kappa shape index (κ3) is 3.26. The molecule has 1 saturated heterocycles. The summed E-state index contributed by atoms with van der Waals surface area (Å²) in [5.41, 5.74) is 9.33. The SMILES string of the molecule is NC(c1nc2ccccc2o1)[C@@H]1CCCCN1[C@@H](CO)c1ccccc1. The lowest BCUT2D eigenvalue weighted by atomic mass is 9.92. The average molecular weight is 351 g/mol. The number of fused-ring (bicyclic) bond motifs is 1. The first-order valence-corrected chi connectivity index (χ1v) is 9.30. The number of hydrogen-bond donors (Lipinski definition) is 2. The molecular weight excluding hydrogens is 326 g/mol. The van der Waals surface area contributed by atoms with Crippen molar-refractivity contribution in [2.45, 2.75) is 37.4 Å². The van der Waals surface area contributed by atoms with Crippen LogP contribution in [-0.4, -0.2) is 34.2 Å². The molecule has 1 fully saturated rings. The van der Waals surface area contributed by atoms with Gasteiger partial charge in [-0.2, -0.15) is 0 Å². The molecule has 1 aromatic heterocycles. The summed E-state index contributed by atoms with van der Waals surface area (Å²) in [6, 6.07) is 17.6. The third-order valence-corrected chi connectivity index (χ3v) is 5.36. The number of benzene rings is 2. The fraction of sp³-hybridized carbons (Fsp3) is 0.381. The minimum Gasteiger partial charge on any atom is -0.439 e. The second kappa shape index (κ2) is 7.58. The second-order valence-electron chi connectivity index (χ2n) is 6.96. The van der Waals surface area contributed by atoms with E-state index < -0.39 is 0 Å². The number of aliphatic hydroxyl groups excluding tert-OH is 1. The first-order valence-electron chi connectivity index (χ1n) is 9.30. The van der Waals surface area contributed by atoms with E-state index in [0.29, 0.717) is 5.89 Å². The van der Waals surface area contributed by atoms with Crippen molar-refractivity contribution in [1.29, 1.82) is 0 Å². The lowest BCUT2D eigenvalue weighted by molar-refractivity contribution is 0.0402. The Balaban J connectivity index is 1.64. The molecule has 5 heteroatoms. The van der Waals surface area contributed by atoms with Crippen LogP contribution in [-0.2, 0) is 0 Å². The summed E-state index contributed by atoms with van der Waals surface area (Å²) in [6.07, 6.45) is 3.21. The van der Waals surface area contributed by atoms with E-state index in [1.54, 1.807) is 0 Å². The fourth-order valence-electron chi connectivity index (χ4n) is 4.03. The Morgan fingerprint density at radius 3 is 2.65 bits per heavy atom. The van der Waals surface area contributed by atoms with E-state index in [2.05, 4.69) is 22.0 Å². The van der Waals surface area contributed by atoms with Gasteiger partial charge in [-0.15, -0.1) is 0 Å². The van der Waals surface area contributed by atoms with Gasteiger partial charge in [0.1, 0.15) is 5.52 Å². The molecule has 0 spiro atoms. The Labute approximate surface area is 153 Å². The molecular formula is C21H25N3O2. The molecule has 2 aromatic carbocycles. The van der Waals surface area contributed by atoms with Crippen molar-refractivity contribution in [1.82, 2.24) is 9.88 Å². The normalized spacial score (nSPS) is 20.9. The van der Waals surface area contributed by atoms with Crippen LogP contribution >= 0.6 is 0 Å². The van der Waals surface area contributed by atoms with Gasteiger partial charge in [0.05, 0.1) is 18.7 Å². The van der Waals surface area contributed by atoms with Crippen LogP contribution in [0.4, 0.5) is 0 Å². The van der Waals surface area contributed by atoms with E-state index >= 15 is 0 Å². The summed E-state index contributed by atoms with van der Waals surface area (Å²) in [4.78, 5) is 6.93. The second-order valence-corrected chi connectivity index (χ2v) is 6.96. The number of hydrogen-bond acceptors (Lipinski definition) is 5. The molecule has 136 valence electrons. The maximum absolute atomic E-state index is 10.1. The summed E-state index contributed by atoms with van der Waals surface area (Å²) < 4.78 is 5.93. The lowest BCUT2D eigenvalue weighted by Crippen LogP contribution is -2.48. The highest BCUT2D eigenvalue weighted by Crippen LogP contribution is 2.34. The van der Waals surface area contributed by atoms with Gasteiger partial charge in [-0.25, -0.2) is 4.98 Å². The number of aliphatic hydroxyl groups is 1. The van der Waals surface area contributed by atoms with Crippen LogP contribution in [0.25, 0.3) is 11.1 Å². The molecule has 0 saturated carbocycles. The van der Waals surface area contributed by atoms with Crippen molar-refractivity contribution >= 4 is 11.1 Å². The van der Waals surface area contributed by atoms with E-state index in [1.165, 1.54) is 0 Å². The van der Waals surface area contributed by atoms with Crippen molar-refractivity contribution in [3.63, 3.8) is 0 Å². The largest absolute Gasteiger partial charge is 0.439 e. The molecule has 3 N–H and O–H groups in total. The molecule has 1 aliphatic rings. The Morgan fingerprint density at radius 1 is 1.12 bits per heavy atom. The summed E-state index contributed by atoms with van der Waals surface area (Å²) >= 11 is 0. The van der Waals surface area contributed by atoms with Crippen LogP contribution in [0.1, 0.15) is 42.8 Å². The predicted octanol–water partition coefficient (Wildman–Crippen LogP) is 3.42. The van der Waals surface area contributed by atoms with E-state index in [1.807, 2.05) is 42.5 Å². The monoisotopic (exact) mass is 351 g/mol. The summed E-state index contributed by atoms with van der Waals surface area (Å²) in [5.74, 6) is 0.577. The fourth-order valence-corrected chi connectivity index (χ4v) is 4.03. The minimum absolute atomic E-state index is 0.0584. The molecule has 5 nitrogen and oxygen atoms in total. The highest BCUT2D eigenvalue weighted by Gasteiger charge is 2.35. The van der Waals surface area contributed by atoms with E-state index in [-0.39, 0.29) is 24.7 Å². The molecule has 26 heavy (non-hydrogen) atoms. The molecule has 0 aliphatic carbocycles. The predicted molar refractivity (Wildman–Crippen MR) is 102 cm³/mol. The molecule has 1 unspecified atom stereocenters. The minimum atomic E-state index is -0.319. The number of nitrogens with two attached hydrogens (primary N) is 1. The number of rotatable bonds is 5. The summed E-state index contributed by atoms with van der Waals surface area (Å²) in [5, 5.41) is 10.1. The first kappa shape index (κ1) is 17.2. The van der Waals surface area contributed by atoms with E-state index in [4.69, 9.17) is 10.2 Å². The first-order chi connectivity index (χ1) is 12.8. The van der Waals surface area contributed by atoms with Crippen LogP contribution in [0.5, 0.6) is 0 Å². The summed E-state index contributed by atoms with van der Waals surface area (Å²) in [7, 11) is 0. The molecule has 2 heterocycles. The molecule has 0 amide bonds. The molecule has 3 aromatic rings. The van der Waals surface area contributed by atoms with Gasteiger partial charge < -0.3 is 15.3 Å². The van der Waals surface area contributed by atoms with Gasteiger partial charge in [-0.1, -0.05) is 48.9 Å². The molecule has 0 radical (unpaired) electrons. The van der Waals surface area contributed by atoms with Crippen molar-refractivity contribution in [2.24, 2.45) is 5.73 Å². The van der Waals surface area contributed by atoms with Crippen molar-refractivity contribution in [3.8, 4) is 0 Å². The molecule has 1 aliphatic heterocycles. The van der Waals surface area contributed by atoms with Crippen LogP contribution in [0.3, 0.4) is 0 Å². The van der Waals surface area contributed by atoms with Gasteiger partial charge in [0.25, 0.3) is 0 Å². The van der Waals surface area contributed by atoms with Gasteiger partial charge in [-0.05, 0) is 37.1 Å². The number of para-hydroxylation sites is 2. The highest BCUT2D eigenvalue weighted by atomic mass is 16.3. The van der Waals surface area contributed by atoms with Gasteiger partial charge in [0.2, 0.25) is 5.89 Å². The van der Waals surface area contributed by atoms with Crippen LogP contribution < -0.4 is 5.73 Å². The van der Waals surface area contributed by atoms with Gasteiger partial charge in [0.15, 0.2) is 5.58 Å². The van der Waals surface area contributed by atoms with Crippen molar-refractivity contribution in [2.75, 3.05) is 13.2 Å². The quantitative estimate of drug-likeness (QED) is 0.737. The molecule has 0 bridgehead atoms. The van der Waals surface area contributed by atoms with E-state index in [0.717, 1.165) is 42.5 Å². The van der Waals surface area contributed by atoms with E-state index in [9.17, 15) is 5.11 Å². The maximum Gasteiger partial charge on any atom is 0.214 e. The number of nitrogens with zero attached hydrogens (tertiary/aromatic N) is 2. The van der Waals surface area contributed by atoms with Gasteiger partial charge in [-0.3, -0.25) is 4.90 Å². The van der Waals surface area contributed by atoms with Gasteiger partial charge >= 0.3 is 0 Å². The Hall–Kier alpha value is -2.21. The highest BCUT2D eigenvalue weighted by molar-refractivity contribution is 5.72. The average Bonchev–Trinajstić information content (AvgIpc) is 3.13. The van der Waals surface area contributed by atoms with Crippen molar-refractivity contribution in [3.05, 3.63) is 66.1 Å². The number of piperidine rings is 1. The smallest absolute Gasteiger partial charge is 0.214 e. The molecule has 4 rings (SSSR count). The topological polar surface area (TPSA) is 75.5 Å². The zero-order valence-electron chi connectivity index (χ0n) is 14.8. The summed E-state index contributed by atoms with van der Waals surface area (Å²) in [6.45, 7) is 0.986. The third-order valence-electron chi connectivity index (χ3n) is 5.36. The van der Waals surface area contributed by atoms with Crippen molar-refractivity contribution < 1.29 is 9.52 Å². The number of likely N-dealkylation sites (tertiary alicyclic amines) is 1. The molecule has 3 atom stereocenters. The Bertz CT molecular complexity index is 816. The van der Waals surface area contributed by atoms with Crippen LogP contribution in [0, 0.1) is 0 Å². The maximum atomic E-state index is 10.1.